The maximum Gasteiger partial charge on any atom is 0.342 e. The first-order chi connectivity index (χ1) is 9.07. The molecule has 1 aromatic heterocycles. The molecule has 2 rings (SSSR count). The van der Waals surface area contributed by atoms with Crippen LogP contribution in [0.25, 0.3) is 11.3 Å². The summed E-state index contributed by atoms with van der Waals surface area (Å²) in [5.74, 6) is -0.365. The molecule has 100 valence electrons. The van der Waals surface area contributed by atoms with E-state index in [1.807, 2.05) is 48.9 Å². The van der Waals surface area contributed by atoms with Crippen LogP contribution in [-0.2, 0) is 11.8 Å². The summed E-state index contributed by atoms with van der Waals surface area (Å²) >= 11 is 0. The molecular weight excluding hydrogens is 240 g/mol. The van der Waals surface area contributed by atoms with E-state index in [-0.39, 0.29) is 5.97 Å². The standard InChI is InChI=1S/C15H18N2O2/c1-4-19-15(18)12-10(2)17(3)14(13(12)16)11-8-6-5-7-9-11/h5-9H,4,16H2,1-3H3. The third-order valence-electron chi connectivity index (χ3n) is 3.25. The molecule has 19 heavy (non-hydrogen) atoms. The van der Waals surface area contributed by atoms with Crippen molar-refractivity contribution in [2.45, 2.75) is 13.8 Å². The highest BCUT2D eigenvalue weighted by molar-refractivity contribution is 6.00. The molecule has 0 aliphatic heterocycles. The van der Waals surface area contributed by atoms with Crippen LogP contribution in [0.15, 0.2) is 30.3 Å². The number of anilines is 1. The number of rotatable bonds is 3. The highest BCUT2D eigenvalue weighted by Crippen LogP contribution is 2.33. The lowest BCUT2D eigenvalue weighted by Gasteiger charge is -2.05. The highest BCUT2D eigenvalue weighted by atomic mass is 16.5. The Morgan fingerprint density at radius 3 is 2.53 bits per heavy atom. The summed E-state index contributed by atoms with van der Waals surface area (Å²) in [6.07, 6.45) is 0. The molecule has 0 amide bonds. The second-order valence-electron chi connectivity index (χ2n) is 4.37. The van der Waals surface area contributed by atoms with Gasteiger partial charge in [-0.05, 0) is 13.8 Å². The van der Waals surface area contributed by atoms with E-state index >= 15 is 0 Å². The largest absolute Gasteiger partial charge is 0.462 e. The predicted octanol–water partition coefficient (Wildman–Crippen LogP) is 2.76. The minimum atomic E-state index is -0.365. The SMILES string of the molecule is CCOC(=O)c1c(N)c(-c2ccccc2)n(C)c1C. The lowest BCUT2D eigenvalue weighted by molar-refractivity contribution is 0.0526. The Hall–Kier alpha value is -2.23. The Morgan fingerprint density at radius 1 is 1.32 bits per heavy atom. The summed E-state index contributed by atoms with van der Waals surface area (Å²) in [6.45, 7) is 3.99. The maximum absolute atomic E-state index is 12.0. The van der Waals surface area contributed by atoms with E-state index < -0.39 is 0 Å². The normalized spacial score (nSPS) is 10.5. The number of benzene rings is 1. The van der Waals surface area contributed by atoms with Gasteiger partial charge in [-0.25, -0.2) is 4.79 Å². The summed E-state index contributed by atoms with van der Waals surface area (Å²) in [6, 6.07) is 9.78. The van der Waals surface area contributed by atoms with E-state index in [0.717, 1.165) is 17.0 Å². The van der Waals surface area contributed by atoms with Crippen molar-refractivity contribution in [3.63, 3.8) is 0 Å². The zero-order valence-corrected chi connectivity index (χ0v) is 11.4. The van der Waals surface area contributed by atoms with Crippen molar-refractivity contribution in [3.05, 3.63) is 41.6 Å². The van der Waals surface area contributed by atoms with Crippen LogP contribution in [-0.4, -0.2) is 17.1 Å². The van der Waals surface area contributed by atoms with Gasteiger partial charge in [0.05, 0.1) is 18.0 Å². The fraction of sp³-hybridized carbons (Fsp3) is 0.267. The van der Waals surface area contributed by atoms with Crippen LogP contribution in [0.2, 0.25) is 0 Å². The van der Waals surface area contributed by atoms with E-state index in [2.05, 4.69) is 0 Å². The zero-order chi connectivity index (χ0) is 14.0. The van der Waals surface area contributed by atoms with Gasteiger partial charge in [-0.1, -0.05) is 30.3 Å². The smallest absolute Gasteiger partial charge is 0.342 e. The van der Waals surface area contributed by atoms with Crippen LogP contribution in [0.3, 0.4) is 0 Å². The fourth-order valence-electron chi connectivity index (χ4n) is 2.24. The number of aromatic nitrogens is 1. The Kier molecular flexibility index (Phi) is 3.60. The van der Waals surface area contributed by atoms with E-state index in [0.29, 0.717) is 17.9 Å². The number of hydrogen-bond acceptors (Lipinski definition) is 3. The quantitative estimate of drug-likeness (QED) is 0.861. The maximum atomic E-state index is 12.0. The molecule has 0 unspecified atom stereocenters. The van der Waals surface area contributed by atoms with Crippen LogP contribution in [0.1, 0.15) is 23.0 Å². The predicted molar refractivity (Wildman–Crippen MR) is 76.0 cm³/mol. The third-order valence-corrected chi connectivity index (χ3v) is 3.25. The topological polar surface area (TPSA) is 57.2 Å². The average Bonchev–Trinajstić information content (AvgIpc) is 2.62. The molecule has 1 aromatic carbocycles. The van der Waals surface area contributed by atoms with Crippen molar-refractivity contribution >= 4 is 11.7 Å². The van der Waals surface area contributed by atoms with Gasteiger partial charge in [0.25, 0.3) is 0 Å². The molecule has 0 radical (unpaired) electrons. The van der Waals surface area contributed by atoms with Gasteiger partial charge in [0.1, 0.15) is 5.56 Å². The summed E-state index contributed by atoms with van der Waals surface area (Å²) in [5, 5.41) is 0. The van der Waals surface area contributed by atoms with Gasteiger partial charge >= 0.3 is 5.97 Å². The number of hydrogen-bond donors (Lipinski definition) is 1. The van der Waals surface area contributed by atoms with Crippen LogP contribution < -0.4 is 5.73 Å². The first-order valence-corrected chi connectivity index (χ1v) is 6.25. The van der Waals surface area contributed by atoms with E-state index in [1.54, 1.807) is 6.92 Å². The Labute approximate surface area is 112 Å². The zero-order valence-electron chi connectivity index (χ0n) is 11.4. The number of nitrogen functional groups attached to an aromatic ring is 1. The molecule has 0 saturated heterocycles. The van der Waals surface area contributed by atoms with Gasteiger partial charge in [-0.15, -0.1) is 0 Å². The van der Waals surface area contributed by atoms with E-state index in [1.165, 1.54) is 0 Å². The van der Waals surface area contributed by atoms with Crippen LogP contribution in [0, 0.1) is 6.92 Å². The Bertz CT molecular complexity index is 600. The molecule has 1 heterocycles. The van der Waals surface area contributed by atoms with Crippen LogP contribution in [0.5, 0.6) is 0 Å². The van der Waals surface area contributed by atoms with Crippen molar-refractivity contribution < 1.29 is 9.53 Å². The first-order valence-electron chi connectivity index (χ1n) is 6.25. The molecule has 0 atom stereocenters. The van der Waals surface area contributed by atoms with Crippen molar-refractivity contribution in [3.8, 4) is 11.3 Å². The molecule has 0 saturated carbocycles. The third kappa shape index (κ3) is 2.21. The molecule has 0 aliphatic rings. The van der Waals surface area contributed by atoms with Gasteiger partial charge in [-0.3, -0.25) is 0 Å². The minimum Gasteiger partial charge on any atom is -0.462 e. The fourth-order valence-corrected chi connectivity index (χ4v) is 2.24. The van der Waals surface area contributed by atoms with Gasteiger partial charge in [0, 0.05) is 18.3 Å². The second kappa shape index (κ2) is 5.18. The molecule has 0 bridgehead atoms. The number of esters is 1. The summed E-state index contributed by atoms with van der Waals surface area (Å²) in [7, 11) is 1.90. The Morgan fingerprint density at radius 2 is 1.95 bits per heavy atom. The molecule has 0 fully saturated rings. The van der Waals surface area contributed by atoms with Crippen molar-refractivity contribution in [1.29, 1.82) is 0 Å². The molecule has 2 N–H and O–H groups in total. The number of carbonyl (C=O) groups excluding carboxylic acids is 1. The van der Waals surface area contributed by atoms with E-state index in [4.69, 9.17) is 10.5 Å². The molecule has 0 spiro atoms. The number of ether oxygens (including phenoxy) is 1. The summed E-state index contributed by atoms with van der Waals surface area (Å²) < 4.78 is 6.99. The molecule has 0 aliphatic carbocycles. The van der Waals surface area contributed by atoms with Crippen molar-refractivity contribution in [2.75, 3.05) is 12.3 Å². The van der Waals surface area contributed by atoms with Gasteiger partial charge in [0.2, 0.25) is 0 Å². The summed E-state index contributed by atoms with van der Waals surface area (Å²) in [5.41, 5.74) is 9.73. The van der Waals surface area contributed by atoms with Crippen molar-refractivity contribution in [2.24, 2.45) is 7.05 Å². The minimum absolute atomic E-state index is 0.341. The van der Waals surface area contributed by atoms with Gasteiger partial charge < -0.3 is 15.0 Å². The number of carbonyl (C=O) groups is 1. The van der Waals surface area contributed by atoms with Gasteiger partial charge in [-0.2, -0.15) is 0 Å². The highest BCUT2D eigenvalue weighted by Gasteiger charge is 2.23. The molecule has 4 heteroatoms. The van der Waals surface area contributed by atoms with Crippen LogP contribution >= 0.6 is 0 Å². The van der Waals surface area contributed by atoms with Crippen LogP contribution in [0.4, 0.5) is 5.69 Å². The molecule has 4 nitrogen and oxygen atoms in total. The molecular formula is C15H18N2O2. The number of nitrogens with two attached hydrogens (primary N) is 1. The summed E-state index contributed by atoms with van der Waals surface area (Å²) in [4.78, 5) is 12.0. The lowest BCUT2D eigenvalue weighted by Crippen LogP contribution is -2.08. The van der Waals surface area contributed by atoms with E-state index in [9.17, 15) is 4.79 Å². The average molecular weight is 258 g/mol. The molecule has 2 aromatic rings. The van der Waals surface area contributed by atoms with Gasteiger partial charge in [0.15, 0.2) is 0 Å². The second-order valence-corrected chi connectivity index (χ2v) is 4.37. The van der Waals surface area contributed by atoms with Crippen molar-refractivity contribution in [1.82, 2.24) is 4.57 Å². The monoisotopic (exact) mass is 258 g/mol. The Balaban J connectivity index is 2.59. The first kappa shape index (κ1) is 13.2. The number of nitrogens with zero attached hydrogens (tertiary/aromatic N) is 1. The lowest BCUT2D eigenvalue weighted by atomic mass is 10.1.